The van der Waals surface area contributed by atoms with Crippen molar-refractivity contribution in [1.82, 2.24) is 14.8 Å². The van der Waals surface area contributed by atoms with Crippen molar-refractivity contribution in [3.05, 3.63) is 41.7 Å². The highest BCUT2D eigenvalue weighted by atomic mass is 32.2. The third kappa shape index (κ3) is 3.70. The standard InChI is InChI=1S/C15H19N3O2S2/c1-18-14(9-13-7-8-22(19,20)11-13)16-17-15(18)21-10-12-5-3-2-4-6-12/h2-6,13H,7-11H2,1H3. The van der Waals surface area contributed by atoms with E-state index < -0.39 is 9.84 Å². The summed E-state index contributed by atoms with van der Waals surface area (Å²) >= 11 is 1.65. The first kappa shape index (κ1) is 15.6. The molecule has 0 bridgehead atoms. The van der Waals surface area contributed by atoms with Crippen LogP contribution < -0.4 is 0 Å². The van der Waals surface area contributed by atoms with Crippen LogP contribution in [0, 0.1) is 5.92 Å². The van der Waals surface area contributed by atoms with E-state index in [4.69, 9.17) is 0 Å². The van der Waals surface area contributed by atoms with Crippen LogP contribution >= 0.6 is 11.8 Å². The van der Waals surface area contributed by atoms with Gasteiger partial charge < -0.3 is 4.57 Å². The van der Waals surface area contributed by atoms with Crippen LogP contribution in [0.3, 0.4) is 0 Å². The molecule has 1 atom stereocenters. The van der Waals surface area contributed by atoms with Crippen LogP contribution in [-0.2, 0) is 29.1 Å². The molecule has 1 aliphatic rings. The molecule has 5 nitrogen and oxygen atoms in total. The Kier molecular flexibility index (Phi) is 4.54. The minimum Gasteiger partial charge on any atom is -0.309 e. The van der Waals surface area contributed by atoms with Crippen molar-refractivity contribution in [1.29, 1.82) is 0 Å². The average molecular weight is 337 g/mol. The Labute approximate surface area is 135 Å². The summed E-state index contributed by atoms with van der Waals surface area (Å²) in [6.45, 7) is 0. The van der Waals surface area contributed by atoms with E-state index in [2.05, 4.69) is 22.3 Å². The van der Waals surface area contributed by atoms with Crippen molar-refractivity contribution in [3.8, 4) is 0 Å². The van der Waals surface area contributed by atoms with Crippen molar-refractivity contribution in [2.45, 2.75) is 23.8 Å². The minimum atomic E-state index is -2.83. The molecule has 1 aromatic heterocycles. The number of rotatable bonds is 5. The van der Waals surface area contributed by atoms with Crippen LogP contribution in [0.5, 0.6) is 0 Å². The summed E-state index contributed by atoms with van der Waals surface area (Å²) in [6.07, 6.45) is 1.43. The van der Waals surface area contributed by atoms with Gasteiger partial charge in [-0.15, -0.1) is 10.2 Å². The van der Waals surface area contributed by atoms with E-state index in [0.29, 0.717) is 12.2 Å². The van der Waals surface area contributed by atoms with Gasteiger partial charge in [-0.3, -0.25) is 0 Å². The van der Waals surface area contributed by atoms with E-state index in [-0.39, 0.29) is 11.7 Å². The monoisotopic (exact) mass is 337 g/mol. The zero-order chi connectivity index (χ0) is 15.6. The molecule has 0 amide bonds. The van der Waals surface area contributed by atoms with Gasteiger partial charge in [0.25, 0.3) is 0 Å². The molecule has 3 rings (SSSR count). The Hall–Kier alpha value is -1.34. The Bertz CT molecular complexity index is 741. The largest absolute Gasteiger partial charge is 0.309 e. The lowest BCUT2D eigenvalue weighted by Crippen LogP contribution is -2.11. The lowest BCUT2D eigenvalue weighted by atomic mass is 10.1. The summed E-state index contributed by atoms with van der Waals surface area (Å²) in [6, 6.07) is 10.2. The van der Waals surface area contributed by atoms with Gasteiger partial charge in [-0.1, -0.05) is 42.1 Å². The van der Waals surface area contributed by atoms with E-state index in [1.54, 1.807) is 11.8 Å². The molecule has 22 heavy (non-hydrogen) atoms. The molecular formula is C15H19N3O2S2. The zero-order valence-electron chi connectivity index (χ0n) is 12.5. The minimum absolute atomic E-state index is 0.180. The number of hydrogen-bond donors (Lipinski definition) is 0. The summed E-state index contributed by atoms with van der Waals surface area (Å²) in [4.78, 5) is 0. The molecular weight excluding hydrogens is 318 g/mol. The van der Waals surface area contributed by atoms with E-state index in [0.717, 1.165) is 23.2 Å². The maximum Gasteiger partial charge on any atom is 0.191 e. The van der Waals surface area contributed by atoms with Crippen LogP contribution in [-0.4, -0.2) is 34.7 Å². The molecule has 7 heteroatoms. The number of benzene rings is 1. The third-order valence-electron chi connectivity index (χ3n) is 3.93. The van der Waals surface area contributed by atoms with Gasteiger partial charge in [0.2, 0.25) is 0 Å². The molecule has 0 aliphatic carbocycles. The van der Waals surface area contributed by atoms with Gasteiger partial charge in [0.05, 0.1) is 11.5 Å². The van der Waals surface area contributed by atoms with Crippen molar-refractivity contribution < 1.29 is 8.42 Å². The average Bonchev–Trinajstić information content (AvgIpc) is 3.02. The summed E-state index contributed by atoms with van der Waals surface area (Å²) in [7, 11) is -0.880. The molecule has 2 aromatic rings. The van der Waals surface area contributed by atoms with Crippen LogP contribution in [0.25, 0.3) is 0 Å². The predicted molar refractivity (Wildman–Crippen MR) is 87.5 cm³/mol. The fraction of sp³-hybridized carbons (Fsp3) is 0.467. The fourth-order valence-corrected chi connectivity index (χ4v) is 5.41. The highest BCUT2D eigenvalue weighted by Crippen LogP contribution is 2.25. The van der Waals surface area contributed by atoms with Gasteiger partial charge in [-0.05, 0) is 17.9 Å². The van der Waals surface area contributed by atoms with Crippen LogP contribution in [0.1, 0.15) is 17.8 Å². The lowest BCUT2D eigenvalue weighted by Gasteiger charge is -2.07. The highest BCUT2D eigenvalue weighted by molar-refractivity contribution is 7.98. The SMILES string of the molecule is Cn1c(CC2CCS(=O)(=O)C2)nnc1SCc1ccccc1. The van der Waals surface area contributed by atoms with Gasteiger partial charge in [-0.2, -0.15) is 0 Å². The second-order valence-electron chi connectivity index (χ2n) is 5.71. The molecule has 118 valence electrons. The quantitative estimate of drug-likeness (QED) is 0.782. The molecule has 1 unspecified atom stereocenters. The first-order valence-corrected chi connectivity index (χ1v) is 10.1. The van der Waals surface area contributed by atoms with Gasteiger partial charge in [0.1, 0.15) is 5.82 Å². The first-order valence-electron chi connectivity index (χ1n) is 7.29. The maximum absolute atomic E-state index is 11.5. The molecule has 1 saturated heterocycles. The molecule has 1 aliphatic heterocycles. The molecule has 1 fully saturated rings. The van der Waals surface area contributed by atoms with Crippen LogP contribution in [0.15, 0.2) is 35.5 Å². The summed E-state index contributed by atoms with van der Waals surface area (Å²) in [5.74, 6) is 2.50. The second-order valence-corrected chi connectivity index (χ2v) is 8.88. The molecule has 0 spiro atoms. The summed E-state index contributed by atoms with van der Waals surface area (Å²) in [5, 5.41) is 9.35. The van der Waals surface area contributed by atoms with E-state index in [9.17, 15) is 8.42 Å². The fourth-order valence-electron chi connectivity index (χ4n) is 2.66. The van der Waals surface area contributed by atoms with Crippen molar-refractivity contribution in [2.75, 3.05) is 11.5 Å². The summed E-state index contributed by atoms with van der Waals surface area (Å²) in [5.41, 5.74) is 1.25. The van der Waals surface area contributed by atoms with Gasteiger partial charge in [0.15, 0.2) is 15.0 Å². The molecule has 2 heterocycles. The van der Waals surface area contributed by atoms with Gasteiger partial charge >= 0.3 is 0 Å². The second kappa shape index (κ2) is 6.42. The molecule has 0 saturated carbocycles. The maximum atomic E-state index is 11.5. The number of nitrogens with zero attached hydrogens (tertiary/aromatic N) is 3. The number of hydrogen-bond acceptors (Lipinski definition) is 5. The predicted octanol–water partition coefficient (Wildman–Crippen LogP) is 2.08. The number of sulfone groups is 1. The Morgan fingerprint density at radius 1 is 1.27 bits per heavy atom. The normalized spacial score (nSPS) is 20.3. The van der Waals surface area contributed by atoms with Crippen molar-refractivity contribution in [3.63, 3.8) is 0 Å². The zero-order valence-corrected chi connectivity index (χ0v) is 14.1. The highest BCUT2D eigenvalue weighted by Gasteiger charge is 2.29. The third-order valence-corrected chi connectivity index (χ3v) is 6.86. The van der Waals surface area contributed by atoms with E-state index in [1.807, 2.05) is 29.8 Å². The topological polar surface area (TPSA) is 64.8 Å². The van der Waals surface area contributed by atoms with Crippen molar-refractivity contribution in [2.24, 2.45) is 13.0 Å². The Morgan fingerprint density at radius 3 is 2.73 bits per heavy atom. The lowest BCUT2D eigenvalue weighted by molar-refractivity contribution is 0.552. The number of thioether (sulfide) groups is 1. The van der Waals surface area contributed by atoms with Crippen LogP contribution in [0.4, 0.5) is 0 Å². The van der Waals surface area contributed by atoms with E-state index >= 15 is 0 Å². The number of aromatic nitrogens is 3. The van der Waals surface area contributed by atoms with Gasteiger partial charge in [0, 0.05) is 19.2 Å². The van der Waals surface area contributed by atoms with Crippen LogP contribution in [0.2, 0.25) is 0 Å². The Balaban J connectivity index is 1.62. The van der Waals surface area contributed by atoms with Crippen molar-refractivity contribution >= 4 is 21.6 Å². The van der Waals surface area contributed by atoms with Gasteiger partial charge in [-0.25, -0.2) is 8.42 Å². The summed E-state index contributed by atoms with van der Waals surface area (Å²) < 4.78 is 25.1. The Morgan fingerprint density at radius 2 is 2.05 bits per heavy atom. The first-order chi connectivity index (χ1) is 10.5. The smallest absolute Gasteiger partial charge is 0.191 e. The van der Waals surface area contributed by atoms with E-state index in [1.165, 1.54) is 5.56 Å². The molecule has 1 aromatic carbocycles. The molecule has 0 radical (unpaired) electrons. The molecule has 0 N–H and O–H groups in total.